The fraction of sp³-hybridized carbons (Fsp3) is 0.143. The van der Waals surface area contributed by atoms with Crippen molar-refractivity contribution in [3.63, 3.8) is 0 Å². The highest BCUT2D eigenvalue weighted by atomic mass is 19.2. The topological polar surface area (TPSA) is 9.23 Å². The molecule has 0 saturated heterocycles. The van der Waals surface area contributed by atoms with Crippen molar-refractivity contribution >= 4 is 10.8 Å². The van der Waals surface area contributed by atoms with Crippen molar-refractivity contribution in [3.8, 4) is 28.7 Å². The number of benzene rings is 4. The Kier molecular flexibility index (Phi) is 6.65. The summed E-state index contributed by atoms with van der Waals surface area (Å²) in [6, 6.07) is 16.3. The monoisotopic (exact) mass is 448 g/mol. The number of rotatable bonds is 5. The van der Waals surface area contributed by atoms with E-state index >= 15 is 0 Å². The van der Waals surface area contributed by atoms with E-state index < -0.39 is 23.3 Å². The van der Waals surface area contributed by atoms with Gasteiger partial charge in [-0.1, -0.05) is 49.5 Å². The van der Waals surface area contributed by atoms with Gasteiger partial charge in [0, 0.05) is 28.6 Å². The summed E-state index contributed by atoms with van der Waals surface area (Å²) < 4.78 is 61.7. The molecule has 0 aliphatic carbocycles. The van der Waals surface area contributed by atoms with Crippen molar-refractivity contribution in [2.75, 3.05) is 6.61 Å². The molecule has 0 aliphatic rings. The summed E-state index contributed by atoms with van der Waals surface area (Å²) in [7, 11) is 0. The van der Waals surface area contributed by atoms with Gasteiger partial charge in [0.2, 0.25) is 0 Å². The standard InChI is InChI=1S/C28H20F4O/c1-2-3-14-33-22-16-25(30)27(26(31)17-22)20-9-6-18(7-10-20)4-5-19-8-12-23-21(15-19)11-13-24(29)28(23)32/h6-13,15-17H,2-3,14H2,1H3. The molecule has 0 saturated carbocycles. The molecule has 166 valence electrons. The second-order valence-corrected chi connectivity index (χ2v) is 7.59. The first-order chi connectivity index (χ1) is 16.0. The van der Waals surface area contributed by atoms with E-state index in [1.165, 1.54) is 24.3 Å². The quantitative estimate of drug-likeness (QED) is 0.173. The number of halogens is 4. The van der Waals surface area contributed by atoms with Crippen LogP contribution in [-0.2, 0) is 0 Å². The number of fused-ring (bicyclic) bond motifs is 1. The van der Waals surface area contributed by atoms with E-state index in [1.54, 1.807) is 36.4 Å². The summed E-state index contributed by atoms with van der Waals surface area (Å²) in [4.78, 5) is 0. The van der Waals surface area contributed by atoms with Gasteiger partial charge in [0.05, 0.1) is 12.2 Å². The molecule has 0 fully saturated rings. The highest BCUT2D eigenvalue weighted by molar-refractivity contribution is 5.84. The van der Waals surface area contributed by atoms with Crippen LogP contribution in [0.3, 0.4) is 0 Å². The molecule has 0 heterocycles. The molecule has 4 rings (SSSR count). The minimum atomic E-state index is -0.895. The second-order valence-electron chi connectivity index (χ2n) is 7.59. The van der Waals surface area contributed by atoms with Crippen molar-refractivity contribution in [1.82, 2.24) is 0 Å². The van der Waals surface area contributed by atoms with Crippen molar-refractivity contribution in [1.29, 1.82) is 0 Å². The maximum Gasteiger partial charge on any atom is 0.166 e. The molecule has 0 atom stereocenters. The fourth-order valence-electron chi connectivity index (χ4n) is 3.45. The normalized spacial score (nSPS) is 10.7. The van der Waals surface area contributed by atoms with Gasteiger partial charge < -0.3 is 4.74 Å². The third-order valence-corrected chi connectivity index (χ3v) is 5.21. The summed E-state index contributed by atoms with van der Waals surface area (Å²) in [6.07, 6.45) is 1.74. The third kappa shape index (κ3) is 5.01. The fourth-order valence-corrected chi connectivity index (χ4v) is 3.45. The first-order valence-electron chi connectivity index (χ1n) is 10.6. The average Bonchev–Trinajstić information content (AvgIpc) is 2.81. The molecule has 0 unspecified atom stereocenters. The molecule has 0 N–H and O–H groups in total. The first-order valence-corrected chi connectivity index (χ1v) is 10.6. The van der Waals surface area contributed by atoms with Gasteiger partial charge in [0.1, 0.15) is 17.4 Å². The molecular formula is C28H20F4O. The number of hydrogen-bond acceptors (Lipinski definition) is 1. The highest BCUT2D eigenvalue weighted by Gasteiger charge is 2.14. The van der Waals surface area contributed by atoms with Crippen molar-refractivity contribution in [2.45, 2.75) is 19.8 Å². The molecule has 0 radical (unpaired) electrons. The van der Waals surface area contributed by atoms with Crippen LogP contribution in [0, 0.1) is 35.1 Å². The molecule has 4 aromatic carbocycles. The van der Waals surface area contributed by atoms with Gasteiger partial charge in [0.25, 0.3) is 0 Å². The van der Waals surface area contributed by atoms with Gasteiger partial charge in [-0.3, -0.25) is 0 Å². The summed E-state index contributed by atoms with van der Waals surface area (Å²) in [5.41, 5.74) is 1.54. The van der Waals surface area contributed by atoms with Crippen LogP contribution in [0.2, 0.25) is 0 Å². The summed E-state index contributed by atoms with van der Waals surface area (Å²) >= 11 is 0. The van der Waals surface area contributed by atoms with Crippen molar-refractivity contribution < 1.29 is 22.3 Å². The lowest BCUT2D eigenvalue weighted by molar-refractivity contribution is 0.306. The van der Waals surface area contributed by atoms with Gasteiger partial charge in [0.15, 0.2) is 11.6 Å². The van der Waals surface area contributed by atoms with Gasteiger partial charge in [-0.15, -0.1) is 0 Å². The second kappa shape index (κ2) is 9.79. The molecule has 0 aliphatic heterocycles. The van der Waals surface area contributed by atoms with Crippen LogP contribution in [0.25, 0.3) is 21.9 Å². The maximum atomic E-state index is 14.6. The van der Waals surface area contributed by atoms with E-state index in [0.717, 1.165) is 18.9 Å². The Bertz CT molecular complexity index is 1340. The van der Waals surface area contributed by atoms with Gasteiger partial charge in [-0.2, -0.15) is 0 Å². The van der Waals surface area contributed by atoms with Crippen LogP contribution in [0.1, 0.15) is 30.9 Å². The zero-order valence-corrected chi connectivity index (χ0v) is 17.9. The Morgan fingerprint density at radius 3 is 2.09 bits per heavy atom. The highest BCUT2D eigenvalue weighted by Crippen LogP contribution is 2.30. The number of hydrogen-bond donors (Lipinski definition) is 0. The van der Waals surface area contributed by atoms with Crippen LogP contribution in [0.5, 0.6) is 5.75 Å². The number of ether oxygens (including phenoxy) is 1. The largest absolute Gasteiger partial charge is 0.493 e. The van der Waals surface area contributed by atoms with E-state index in [1.807, 2.05) is 6.92 Å². The Morgan fingerprint density at radius 1 is 0.727 bits per heavy atom. The van der Waals surface area contributed by atoms with Crippen LogP contribution >= 0.6 is 0 Å². The smallest absolute Gasteiger partial charge is 0.166 e. The molecule has 0 bridgehead atoms. The minimum absolute atomic E-state index is 0.124. The summed E-state index contributed by atoms with van der Waals surface area (Å²) in [5, 5.41) is 0.736. The van der Waals surface area contributed by atoms with Crippen molar-refractivity contribution in [3.05, 3.63) is 101 Å². The van der Waals surface area contributed by atoms with Crippen LogP contribution in [0.4, 0.5) is 17.6 Å². The van der Waals surface area contributed by atoms with Crippen LogP contribution in [0.15, 0.2) is 66.7 Å². The van der Waals surface area contributed by atoms with Gasteiger partial charge in [-0.05, 0) is 47.7 Å². The maximum absolute atomic E-state index is 14.6. The number of unbranched alkanes of at least 4 members (excludes halogenated alkanes) is 1. The van der Waals surface area contributed by atoms with E-state index in [0.29, 0.717) is 28.7 Å². The van der Waals surface area contributed by atoms with Gasteiger partial charge in [-0.25, -0.2) is 17.6 Å². The molecule has 1 nitrogen and oxygen atoms in total. The molecular weight excluding hydrogens is 428 g/mol. The van der Waals surface area contributed by atoms with Crippen molar-refractivity contribution in [2.24, 2.45) is 0 Å². The summed E-state index contributed by atoms with van der Waals surface area (Å²) in [5.74, 6) is 2.94. The Labute approximate surface area is 189 Å². The lowest BCUT2D eigenvalue weighted by atomic mass is 10.0. The van der Waals surface area contributed by atoms with Crippen LogP contribution < -0.4 is 4.74 Å². The van der Waals surface area contributed by atoms with Crippen LogP contribution in [-0.4, -0.2) is 6.61 Å². The third-order valence-electron chi connectivity index (χ3n) is 5.21. The minimum Gasteiger partial charge on any atom is -0.493 e. The molecule has 0 spiro atoms. The molecule has 0 aromatic heterocycles. The zero-order valence-electron chi connectivity index (χ0n) is 17.9. The Hall–Kier alpha value is -3.78. The van der Waals surface area contributed by atoms with E-state index in [2.05, 4.69) is 11.8 Å². The summed E-state index contributed by atoms with van der Waals surface area (Å²) in [6.45, 7) is 2.41. The van der Waals surface area contributed by atoms with E-state index in [4.69, 9.17) is 4.74 Å². The zero-order chi connectivity index (χ0) is 23.4. The molecule has 0 amide bonds. The first kappa shape index (κ1) is 22.4. The molecule has 33 heavy (non-hydrogen) atoms. The SMILES string of the molecule is CCCCOc1cc(F)c(-c2ccc(C#Cc3ccc4c(F)c(F)ccc4c3)cc2)c(F)c1. The van der Waals surface area contributed by atoms with E-state index in [-0.39, 0.29) is 16.7 Å². The van der Waals surface area contributed by atoms with E-state index in [9.17, 15) is 17.6 Å². The predicted molar refractivity (Wildman–Crippen MR) is 122 cm³/mol. The lowest BCUT2D eigenvalue weighted by Gasteiger charge is -2.10. The average molecular weight is 448 g/mol. The predicted octanol–water partition coefficient (Wildman–Crippen LogP) is 7.64. The Balaban J connectivity index is 1.55. The lowest BCUT2D eigenvalue weighted by Crippen LogP contribution is -1.99. The Morgan fingerprint density at radius 2 is 1.39 bits per heavy atom. The molecule has 5 heteroatoms. The molecule has 4 aromatic rings. The van der Waals surface area contributed by atoms with Gasteiger partial charge >= 0.3 is 0 Å².